The summed E-state index contributed by atoms with van der Waals surface area (Å²) in [6.45, 7) is 3.67. The predicted octanol–water partition coefficient (Wildman–Crippen LogP) is 5.03. The first-order valence-corrected chi connectivity index (χ1v) is 11.4. The Balaban J connectivity index is 1.92. The molecule has 1 aliphatic rings. The van der Waals surface area contributed by atoms with Crippen molar-refractivity contribution in [1.29, 1.82) is 0 Å². The molecule has 1 heterocycles. The standard InChI is InChI=1S/C29H26N2O4/c1-3-35-29(34)26-20(2)30-25(19-24(32)21-13-7-4-8-14-21)31(27(26)22-15-9-5-10-16-22)28(33)23-17-11-6-12-18-23/h4-19,27,30H,3H2,1-2H3/b25-19+. The zero-order valence-corrected chi connectivity index (χ0v) is 19.6. The van der Waals surface area contributed by atoms with Gasteiger partial charge in [0.05, 0.1) is 18.2 Å². The van der Waals surface area contributed by atoms with E-state index in [1.54, 1.807) is 62.4 Å². The summed E-state index contributed by atoms with van der Waals surface area (Å²) < 4.78 is 5.36. The normalized spacial score (nSPS) is 16.6. The molecule has 0 aliphatic carbocycles. The van der Waals surface area contributed by atoms with E-state index in [2.05, 4.69) is 5.32 Å². The van der Waals surface area contributed by atoms with Crippen LogP contribution in [0.3, 0.4) is 0 Å². The number of rotatable bonds is 6. The van der Waals surface area contributed by atoms with Crippen LogP contribution in [0.5, 0.6) is 0 Å². The third kappa shape index (κ3) is 5.06. The number of nitrogens with zero attached hydrogens (tertiary/aromatic N) is 1. The van der Waals surface area contributed by atoms with Gasteiger partial charge in [-0.05, 0) is 31.5 Å². The number of benzene rings is 3. The molecule has 35 heavy (non-hydrogen) atoms. The van der Waals surface area contributed by atoms with Crippen molar-refractivity contribution in [3.63, 3.8) is 0 Å². The molecule has 1 unspecified atom stereocenters. The lowest BCUT2D eigenvalue weighted by Gasteiger charge is -2.40. The van der Waals surface area contributed by atoms with E-state index in [4.69, 9.17) is 4.74 Å². The number of hydrogen-bond donors (Lipinski definition) is 1. The first kappa shape index (κ1) is 23.7. The van der Waals surface area contributed by atoms with Gasteiger partial charge in [-0.1, -0.05) is 78.9 Å². The lowest BCUT2D eigenvalue weighted by Crippen LogP contribution is -2.46. The van der Waals surface area contributed by atoms with Crippen LogP contribution in [0.2, 0.25) is 0 Å². The number of ketones is 1. The van der Waals surface area contributed by atoms with Crippen LogP contribution in [0, 0.1) is 0 Å². The van der Waals surface area contributed by atoms with Crippen LogP contribution in [0.15, 0.2) is 114 Å². The van der Waals surface area contributed by atoms with Gasteiger partial charge in [0.25, 0.3) is 5.91 Å². The largest absolute Gasteiger partial charge is 0.463 e. The molecule has 6 nitrogen and oxygen atoms in total. The molecule has 0 saturated carbocycles. The Hall–Kier alpha value is -4.45. The SMILES string of the molecule is CCOC(=O)C1=C(C)N/C(=C\C(=O)c2ccccc2)N(C(=O)c2ccccc2)C1c1ccccc1. The number of allylic oxidation sites excluding steroid dienone is 2. The summed E-state index contributed by atoms with van der Waals surface area (Å²) in [6.07, 6.45) is 1.40. The highest BCUT2D eigenvalue weighted by Crippen LogP contribution is 2.38. The quantitative estimate of drug-likeness (QED) is 0.313. The predicted molar refractivity (Wildman–Crippen MR) is 133 cm³/mol. The van der Waals surface area contributed by atoms with Crippen LogP contribution < -0.4 is 5.32 Å². The lowest BCUT2D eigenvalue weighted by atomic mass is 9.92. The summed E-state index contributed by atoms with van der Waals surface area (Å²) in [5, 5.41) is 3.13. The number of hydrogen-bond acceptors (Lipinski definition) is 5. The van der Waals surface area contributed by atoms with Crippen LogP contribution in [0.25, 0.3) is 0 Å². The van der Waals surface area contributed by atoms with E-state index >= 15 is 0 Å². The van der Waals surface area contributed by atoms with Gasteiger partial charge in [-0.15, -0.1) is 0 Å². The monoisotopic (exact) mass is 466 g/mol. The molecule has 1 N–H and O–H groups in total. The number of carbonyl (C=O) groups is 3. The van der Waals surface area contributed by atoms with Crippen LogP contribution in [-0.4, -0.2) is 29.2 Å². The zero-order chi connectivity index (χ0) is 24.8. The van der Waals surface area contributed by atoms with E-state index in [-0.39, 0.29) is 24.1 Å². The van der Waals surface area contributed by atoms with Gasteiger partial charge in [-0.2, -0.15) is 0 Å². The number of carbonyl (C=O) groups excluding carboxylic acids is 3. The molecule has 1 atom stereocenters. The van der Waals surface area contributed by atoms with Crippen LogP contribution in [-0.2, 0) is 9.53 Å². The zero-order valence-electron chi connectivity index (χ0n) is 19.6. The van der Waals surface area contributed by atoms with Gasteiger partial charge < -0.3 is 10.1 Å². The summed E-state index contributed by atoms with van der Waals surface area (Å²) in [5.74, 6) is -0.857. The number of amides is 1. The molecule has 0 radical (unpaired) electrons. The topological polar surface area (TPSA) is 75.7 Å². The Bertz CT molecular complexity index is 1280. The van der Waals surface area contributed by atoms with E-state index in [1.807, 2.05) is 42.5 Å². The lowest BCUT2D eigenvalue weighted by molar-refractivity contribution is -0.139. The summed E-state index contributed by atoms with van der Waals surface area (Å²) in [6, 6.07) is 26.1. The van der Waals surface area contributed by atoms with Crippen molar-refractivity contribution in [2.45, 2.75) is 19.9 Å². The molecular formula is C29H26N2O4. The van der Waals surface area contributed by atoms with Gasteiger partial charge in [0.1, 0.15) is 5.82 Å². The molecule has 0 bridgehead atoms. The van der Waals surface area contributed by atoms with Gasteiger partial charge >= 0.3 is 5.97 Å². The number of esters is 1. The fourth-order valence-electron chi connectivity index (χ4n) is 4.08. The van der Waals surface area contributed by atoms with Gasteiger partial charge in [-0.3, -0.25) is 14.5 Å². The highest BCUT2D eigenvalue weighted by atomic mass is 16.5. The van der Waals surface area contributed by atoms with Crippen molar-refractivity contribution in [1.82, 2.24) is 10.2 Å². The summed E-state index contributed by atoms with van der Waals surface area (Å²) in [5.41, 5.74) is 2.46. The van der Waals surface area contributed by atoms with E-state index < -0.39 is 12.0 Å². The molecule has 0 aromatic heterocycles. The molecule has 4 rings (SSSR count). The Labute approximate surface area is 204 Å². The maximum absolute atomic E-state index is 13.9. The number of nitrogens with one attached hydrogen (secondary N) is 1. The molecule has 3 aromatic rings. The van der Waals surface area contributed by atoms with Crippen LogP contribution in [0.4, 0.5) is 0 Å². The summed E-state index contributed by atoms with van der Waals surface area (Å²) >= 11 is 0. The van der Waals surface area contributed by atoms with Gasteiger partial charge in [0.15, 0.2) is 5.78 Å². The Morgan fingerprint density at radius 1 is 0.857 bits per heavy atom. The Morgan fingerprint density at radius 3 is 1.97 bits per heavy atom. The molecule has 0 saturated heterocycles. The third-order valence-corrected chi connectivity index (χ3v) is 5.69. The molecule has 3 aromatic carbocycles. The first-order valence-electron chi connectivity index (χ1n) is 11.4. The molecular weight excluding hydrogens is 440 g/mol. The van der Waals surface area contributed by atoms with Gasteiger partial charge in [0.2, 0.25) is 0 Å². The molecule has 0 spiro atoms. The second-order valence-corrected chi connectivity index (χ2v) is 8.00. The van der Waals surface area contributed by atoms with Crippen molar-refractivity contribution < 1.29 is 19.1 Å². The molecule has 6 heteroatoms. The van der Waals surface area contributed by atoms with Crippen molar-refractivity contribution in [2.24, 2.45) is 0 Å². The maximum Gasteiger partial charge on any atom is 0.338 e. The number of ether oxygens (including phenoxy) is 1. The van der Waals surface area contributed by atoms with E-state index in [1.165, 1.54) is 11.0 Å². The highest BCUT2D eigenvalue weighted by Gasteiger charge is 2.40. The van der Waals surface area contributed by atoms with Crippen LogP contribution >= 0.6 is 0 Å². The molecule has 176 valence electrons. The minimum Gasteiger partial charge on any atom is -0.463 e. The van der Waals surface area contributed by atoms with Crippen molar-refractivity contribution in [3.05, 3.63) is 131 Å². The second-order valence-electron chi connectivity index (χ2n) is 8.00. The second kappa shape index (κ2) is 10.7. The third-order valence-electron chi connectivity index (χ3n) is 5.69. The fraction of sp³-hybridized carbons (Fsp3) is 0.138. The van der Waals surface area contributed by atoms with Gasteiger partial charge in [-0.25, -0.2) is 4.79 Å². The van der Waals surface area contributed by atoms with Crippen molar-refractivity contribution in [2.75, 3.05) is 6.61 Å². The van der Waals surface area contributed by atoms with Crippen molar-refractivity contribution >= 4 is 17.7 Å². The summed E-state index contributed by atoms with van der Waals surface area (Å²) in [7, 11) is 0. The van der Waals surface area contributed by atoms with Crippen LogP contribution in [0.1, 0.15) is 46.2 Å². The van der Waals surface area contributed by atoms with E-state index in [0.717, 1.165) is 5.56 Å². The smallest absolute Gasteiger partial charge is 0.338 e. The Kier molecular flexibility index (Phi) is 7.21. The Morgan fingerprint density at radius 2 is 1.40 bits per heavy atom. The highest BCUT2D eigenvalue weighted by molar-refractivity contribution is 6.06. The minimum atomic E-state index is -0.793. The molecule has 1 aliphatic heterocycles. The average Bonchev–Trinajstić information content (AvgIpc) is 2.89. The summed E-state index contributed by atoms with van der Waals surface area (Å²) in [4.78, 5) is 41.6. The van der Waals surface area contributed by atoms with E-state index in [0.29, 0.717) is 22.4 Å². The fourth-order valence-corrected chi connectivity index (χ4v) is 4.08. The first-order chi connectivity index (χ1) is 17.0. The average molecular weight is 467 g/mol. The minimum absolute atomic E-state index is 0.193. The molecule has 0 fully saturated rings. The molecule has 1 amide bonds. The van der Waals surface area contributed by atoms with E-state index in [9.17, 15) is 14.4 Å². The maximum atomic E-state index is 13.9. The van der Waals surface area contributed by atoms with Gasteiger partial charge in [0, 0.05) is 22.9 Å². The van der Waals surface area contributed by atoms with Crippen molar-refractivity contribution in [3.8, 4) is 0 Å².